The molecule has 5 heteroatoms. The van der Waals surface area contributed by atoms with E-state index in [0.29, 0.717) is 39.4 Å². The molecule has 0 aromatic carbocycles. The number of nitrogens with zero attached hydrogens (tertiary/aromatic N) is 1. The Morgan fingerprint density at radius 2 is 1.89 bits per heavy atom. The number of hydrogen-bond acceptors (Lipinski definition) is 4. The average Bonchev–Trinajstić information content (AvgIpc) is 2.60. The molecule has 0 aromatic heterocycles. The molecular formula is C13H23NO4. The van der Waals surface area contributed by atoms with Gasteiger partial charge in [-0.3, -0.25) is 14.5 Å². The van der Waals surface area contributed by atoms with E-state index in [4.69, 9.17) is 9.47 Å². The SMILES string of the molecule is CCOCCOCCN1C(=O)CC(C(C)C)C1=O. The molecule has 0 saturated carbocycles. The lowest BCUT2D eigenvalue weighted by Gasteiger charge is -2.16. The summed E-state index contributed by atoms with van der Waals surface area (Å²) in [6.45, 7) is 8.32. The molecule has 0 spiro atoms. The third-order valence-electron chi connectivity index (χ3n) is 3.12. The standard InChI is InChI=1S/C13H23NO4/c1-4-17-7-8-18-6-5-14-12(15)9-11(10(2)3)13(14)16/h10-11H,4-9H2,1-3H3. The van der Waals surface area contributed by atoms with E-state index in [-0.39, 0.29) is 23.7 Å². The summed E-state index contributed by atoms with van der Waals surface area (Å²) >= 11 is 0. The van der Waals surface area contributed by atoms with Crippen LogP contribution in [-0.2, 0) is 19.1 Å². The second-order valence-electron chi connectivity index (χ2n) is 4.75. The molecule has 1 aliphatic rings. The van der Waals surface area contributed by atoms with Crippen LogP contribution in [0.4, 0.5) is 0 Å². The maximum Gasteiger partial charge on any atom is 0.233 e. The highest BCUT2D eigenvalue weighted by molar-refractivity contribution is 6.03. The molecule has 1 atom stereocenters. The van der Waals surface area contributed by atoms with Crippen LogP contribution in [0.15, 0.2) is 0 Å². The summed E-state index contributed by atoms with van der Waals surface area (Å²) in [5.74, 6) is -0.0678. The van der Waals surface area contributed by atoms with Gasteiger partial charge in [-0.25, -0.2) is 0 Å². The molecular weight excluding hydrogens is 234 g/mol. The van der Waals surface area contributed by atoms with Crippen molar-refractivity contribution in [3.63, 3.8) is 0 Å². The Kier molecular flexibility index (Phi) is 6.29. The first-order chi connectivity index (χ1) is 8.57. The van der Waals surface area contributed by atoms with Crippen LogP contribution in [0.2, 0.25) is 0 Å². The quantitative estimate of drug-likeness (QED) is 0.482. The van der Waals surface area contributed by atoms with Gasteiger partial charge in [0, 0.05) is 18.9 Å². The van der Waals surface area contributed by atoms with Crippen LogP contribution in [0.25, 0.3) is 0 Å². The van der Waals surface area contributed by atoms with Crippen molar-refractivity contribution in [2.45, 2.75) is 27.2 Å². The number of imide groups is 1. The Labute approximate surface area is 108 Å². The fraction of sp³-hybridized carbons (Fsp3) is 0.846. The normalized spacial score (nSPS) is 20.2. The zero-order chi connectivity index (χ0) is 13.5. The van der Waals surface area contributed by atoms with E-state index in [9.17, 15) is 9.59 Å². The largest absolute Gasteiger partial charge is 0.379 e. The second-order valence-corrected chi connectivity index (χ2v) is 4.75. The molecule has 2 amide bonds. The fourth-order valence-electron chi connectivity index (χ4n) is 1.98. The number of likely N-dealkylation sites (tertiary alicyclic amines) is 1. The molecule has 0 bridgehead atoms. The fourth-order valence-corrected chi connectivity index (χ4v) is 1.98. The van der Waals surface area contributed by atoms with Crippen molar-refractivity contribution in [2.24, 2.45) is 11.8 Å². The molecule has 0 N–H and O–H groups in total. The summed E-state index contributed by atoms with van der Waals surface area (Å²) in [7, 11) is 0. The Morgan fingerprint density at radius 1 is 1.22 bits per heavy atom. The highest BCUT2D eigenvalue weighted by Gasteiger charge is 2.39. The lowest BCUT2D eigenvalue weighted by atomic mass is 9.94. The zero-order valence-electron chi connectivity index (χ0n) is 11.5. The van der Waals surface area contributed by atoms with Gasteiger partial charge in [-0.2, -0.15) is 0 Å². The van der Waals surface area contributed by atoms with Gasteiger partial charge in [-0.05, 0) is 12.8 Å². The van der Waals surface area contributed by atoms with Crippen LogP contribution in [-0.4, -0.2) is 49.7 Å². The van der Waals surface area contributed by atoms with Gasteiger partial charge in [-0.1, -0.05) is 13.8 Å². The van der Waals surface area contributed by atoms with Gasteiger partial charge >= 0.3 is 0 Å². The third-order valence-corrected chi connectivity index (χ3v) is 3.12. The predicted octanol–water partition coefficient (Wildman–Crippen LogP) is 1.07. The van der Waals surface area contributed by atoms with Gasteiger partial charge in [0.1, 0.15) is 0 Å². The summed E-state index contributed by atoms with van der Waals surface area (Å²) in [5.41, 5.74) is 0. The molecule has 1 rings (SSSR count). The van der Waals surface area contributed by atoms with Crippen LogP contribution in [0.3, 0.4) is 0 Å². The molecule has 1 heterocycles. The minimum atomic E-state index is -0.152. The minimum absolute atomic E-state index is 0.0524. The first kappa shape index (κ1) is 15.1. The lowest BCUT2D eigenvalue weighted by Crippen LogP contribution is -2.34. The van der Waals surface area contributed by atoms with Gasteiger partial charge in [0.25, 0.3) is 0 Å². The lowest BCUT2D eigenvalue weighted by molar-refractivity contribution is -0.140. The monoisotopic (exact) mass is 257 g/mol. The Hall–Kier alpha value is -0.940. The van der Waals surface area contributed by atoms with Gasteiger partial charge in [0.2, 0.25) is 11.8 Å². The molecule has 5 nitrogen and oxygen atoms in total. The van der Waals surface area contributed by atoms with Crippen molar-refractivity contribution in [3.8, 4) is 0 Å². The summed E-state index contributed by atoms with van der Waals surface area (Å²) in [4.78, 5) is 25.0. The van der Waals surface area contributed by atoms with Crippen molar-refractivity contribution in [3.05, 3.63) is 0 Å². The molecule has 18 heavy (non-hydrogen) atoms. The number of amides is 2. The van der Waals surface area contributed by atoms with Gasteiger partial charge in [-0.15, -0.1) is 0 Å². The number of carbonyl (C=O) groups excluding carboxylic acids is 2. The average molecular weight is 257 g/mol. The van der Waals surface area contributed by atoms with Gasteiger partial charge in [0.05, 0.1) is 26.4 Å². The van der Waals surface area contributed by atoms with Gasteiger partial charge < -0.3 is 9.47 Å². The highest BCUT2D eigenvalue weighted by atomic mass is 16.5. The van der Waals surface area contributed by atoms with E-state index in [1.807, 2.05) is 20.8 Å². The van der Waals surface area contributed by atoms with Crippen molar-refractivity contribution in [2.75, 3.05) is 33.0 Å². The maximum atomic E-state index is 11.9. The Balaban J connectivity index is 2.26. The topological polar surface area (TPSA) is 55.8 Å². The molecule has 104 valence electrons. The molecule has 0 aromatic rings. The molecule has 1 unspecified atom stereocenters. The van der Waals surface area contributed by atoms with Crippen LogP contribution in [0, 0.1) is 11.8 Å². The van der Waals surface area contributed by atoms with E-state index in [1.165, 1.54) is 4.90 Å². The first-order valence-corrected chi connectivity index (χ1v) is 6.57. The number of hydrogen-bond donors (Lipinski definition) is 0. The number of ether oxygens (including phenoxy) is 2. The molecule has 0 radical (unpaired) electrons. The Bertz CT molecular complexity index is 291. The van der Waals surface area contributed by atoms with Crippen molar-refractivity contribution < 1.29 is 19.1 Å². The van der Waals surface area contributed by atoms with Crippen LogP contribution in [0.5, 0.6) is 0 Å². The van der Waals surface area contributed by atoms with E-state index in [2.05, 4.69) is 0 Å². The number of rotatable bonds is 8. The highest BCUT2D eigenvalue weighted by Crippen LogP contribution is 2.25. The van der Waals surface area contributed by atoms with Crippen LogP contribution >= 0.6 is 0 Å². The van der Waals surface area contributed by atoms with Crippen LogP contribution in [0.1, 0.15) is 27.2 Å². The van der Waals surface area contributed by atoms with Crippen molar-refractivity contribution in [1.82, 2.24) is 4.90 Å². The first-order valence-electron chi connectivity index (χ1n) is 6.57. The smallest absolute Gasteiger partial charge is 0.233 e. The summed E-state index contributed by atoms with van der Waals surface area (Å²) < 4.78 is 10.4. The molecule has 0 aliphatic carbocycles. The Morgan fingerprint density at radius 3 is 2.44 bits per heavy atom. The van der Waals surface area contributed by atoms with E-state index in [1.54, 1.807) is 0 Å². The summed E-state index contributed by atoms with van der Waals surface area (Å²) in [6.07, 6.45) is 0.343. The summed E-state index contributed by atoms with van der Waals surface area (Å²) in [5, 5.41) is 0. The zero-order valence-corrected chi connectivity index (χ0v) is 11.5. The van der Waals surface area contributed by atoms with Crippen molar-refractivity contribution >= 4 is 11.8 Å². The van der Waals surface area contributed by atoms with E-state index >= 15 is 0 Å². The van der Waals surface area contributed by atoms with Gasteiger partial charge in [0.15, 0.2) is 0 Å². The minimum Gasteiger partial charge on any atom is -0.379 e. The van der Waals surface area contributed by atoms with E-state index in [0.717, 1.165) is 0 Å². The predicted molar refractivity (Wildman–Crippen MR) is 67.0 cm³/mol. The molecule has 1 aliphatic heterocycles. The van der Waals surface area contributed by atoms with Crippen molar-refractivity contribution in [1.29, 1.82) is 0 Å². The summed E-state index contributed by atoms with van der Waals surface area (Å²) in [6, 6.07) is 0. The maximum absolute atomic E-state index is 11.9. The van der Waals surface area contributed by atoms with E-state index < -0.39 is 0 Å². The molecule has 1 fully saturated rings. The third kappa shape index (κ3) is 4.07. The molecule has 1 saturated heterocycles. The second kappa shape index (κ2) is 7.48. The van der Waals surface area contributed by atoms with Crippen LogP contribution < -0.4 is 0 Å². The number of carbonyl (C=O) groups is 2.